The van der Waals surface area contributed by atoms with Crippen molar-refractivity contribution in [3.63, 3.8) is 0 Å². The molecule has 1 heterocycles. The van der Waals surface area contributed by atoms with Crippen LogP contribution in [0, 0.1) is 12.7 Å². The number of rotatable bonds is 4. The fraction of sp³-hybridized carbons (Fsp3) is 0.357. The van der Waals surface area contributed by atoms with Crippen molar-refractivity contribution in [2.24, 2.45) is 0 Å². The molecule has 96 valence electrons. The van der Waals surface area contributed by atoms with Crippen LogP contribution >= 0.6 is 11.3 Å². The Morgan fingerprint density at radius 1 is 1.39 bits per heavy atom. The van der Waals surface area contributed by atoms with Crippen LogP contribution < -0.4 is 5.32 Å². The van der Waals surface area contributed by atoms with Gasteiger partial charge >= 0.3 is 0 Å². The van der Waals surface area contributed by atoms with Crippen molar-refractivity contribution in [1.82, 2.24) is 10.3 Å². The van der Waals surface area contributed by atoms with Gasteiger partial charge in [-0.2, -0.15) is 0 Å². The van der Waals surface area contributed by atoms with Gasteiger partial charge in [-0.05, 0) is 26.1 Å². The maximum atomic E-state index is 13.8. The van der Waals surface area contributed by atoms with Gasteiger partial charge in [0.25, 0.3) is 0 Å². The lowest BCUT2D eigenvalue weighted by atomic mass is 10.1. The number of hydrogen-bond acceptors (Lipinski definition) is 3. The molecule has 2 aromatic rings. The van der Waals surface area contributed by atoms with Crippen LogP contribution in [0.15, 0.2) is 24.3 Å². The van der Waals surface area contributed by atoms with Gasteiger partial charge in [-0.1, -0.05) is 19.1 Å². The molecule has 4 heteroatoms. The molecule has 1 unspecified atom stereocenters. The Morgan fingerprint density at radius 3 is 2.78 bits per heavy atom. The van der Waals surface area contributed by atoms with Crippen LogP contribution in [0.3, 0.4) is 0 Å². The van der Waals surface area contributed by atoms with Crippen LogP contribution in [0.25, 0.3) is 11.3 Å². The molecule has 0 bridgehead atoms. The second-order valence-corrected chi connectivity index (χ2v) is 5.63. The zero-order valence-corrected chi connectivity index (χ0v) is 11.6. The van der Waals surface area contributed by atoms with Gasteiger partial charge in [0.1, 0.15) is 5.82 Å². The minimum absolute atomic E-state index is 0.210. The number of halogens is 1. The molecular weight excluding hydrogens is 247 g/mol. The van der Waals surface area contributed by atoms with Gasteiger partial charge in [0, 0.05) is 22.9 Å². The predicted octanol–water partition coefficient (Wildman–Crippen LogP) is 3.58. The first-order chi connectivity index (χ1) is 8.63. The Hall–Kier alpha value is -1.26. The monoisotopic (exact) mass is 264 g/mol. The number of nitrogens with one attached hydrogen (secondary N) is 1. The van der Waals surface area contributed by atoms with Crippen LogP contribution in [-0.2, 0) is 0 Å². The minimum atomic E-state index is -0.210. The Morgan fingerprint density at radius 2 is 2.11 bits per heavy atom. The first kappa shape index (κ1) is 13.2. The van der Waals surface area contributed by atoms with Crippen LogP contribution in [0.2, 0.25) is 0 Å². The topological polar surface area (TPSA) is 24.9 Å². The highest BCUT2D eigenvalue weighted by Crippen LogP contribution is 2.32. The molecule has 0 aliphatic heterocycles. The largest absolute Gasteiger partial charge is 0.319 e. The van der Waals surface area contributed by atoms with Crippen molar-refractivity contribution in [3.05, 3.63) is 40.0 Å². The normalized spacial score (nSPS) is 12.7. The molecule has 1 aromatic carbocycles. The zero-order chi connectivity index (χ0) is 13.1. The number of aromatic nitrogens is 1. The molecule has 0 aliphatic rings. The van der Waals surface area contributed by atoms with Gasteiger partial charge in [0.2, 0.25) is 0 Å². The maximum absolute atomic E-state index is 13.8. The van der Waals surface area contributed by atoms with Crippen molar-refractivity contribution in [2.75, 3.05) is 13.6 Å². The van der Waals surface area contributed by atoms with E-state index >= 15 is 0 Å². The molecule has 0 radical (unpaired) electrons. The summed E-state index contributed by atoms with van der Waals surface area (Å²) in [5, 5.41) is 4.19. The van der Waals surface area contributed by atoms with E-state index in [1.165, 1.54) is 6.07 Å². The fourth-order valence-electron chi connectivity index (χ4n) is 1.92. The highest BCUT2D eigenvalue weighted by molar-refractivity contribution is 7.12. The predicted molar refractivity (Wildman–Crippen MR) is 74.6 cm³/mol. The van der Waals surface area contributed by atoms with Gasteiger partial charge in [-0.3, -0.25) is 0 Å². The van der Waals surface area contributed by atoms with E-state index in [1.54, 1.807) is 23.5 Å². The molecule has 0 saturated heterocycles. The second kappa shape index (κ2) is 5.59. The number of benzene rings is 1. The van der Waals surface area contributed by atoms with Crippen LogP contribution in [0.5, 0.6) is 0 Å². The summed E-state index contributed by atoms with van der Waals surface area (Å²) in [6.45, 7) is 5.00. The number of nitrogens with zero attached hydrogens (tertiary/aromatic N) is 1. The third kappa shape index (κ3) is 2.60. The van der Waals surface area contributed by atoms with E-state index in [0.29, 0.717) is 11.5 Å². The Labute approximate surface area is 111 Å². The van der Waals surface area contributed by atoms with E-state index in [4.69, 9.17) is 0 Å². The minimum Gasteiger partial charge on any atom is -0.319 e. The quantitative estimate of drug-likeness (QED) is 0.913. The second-order valence-electron chi connectivity index (χ2n) is 4.40. The van der Waals surface area contributed by atoms with Gasteiger partial charge in [-0.15, -0.1) is 11.3 Å². The molecule has 2 rings (SSSR count). The van der Waals surface area contributed by atoms with Crippen molar-refractivity contribution in [3.8, 4) is 11.3 Å². The summed E-state index contributed by atoms with van der Waals surface area (Å²) in [7, 11) is 1.93. The van der Waals surface area contributed by atoms with Gasteiger partial charge in [0.05, 0.1) is 10.7 Å². The molecule has 0 fully saturated rings. The molecule has 0 spiro atoms. The molecule has 0 amide bonds. The summed E-state index contributed by atoms with van der Waals surface area (Å²) in [5.41, 5.74) is 1.37. The summed E-state index contributed by atoms with van der Waals surface area (Å²) < 4.78 is 13.8. The summed E-state index contributed by atoms with van der Waals surface area (Å²) in [6, 6.07) is 6.80. The standard InChI is InChI=1S/C14H17FN2S/c1-9(8-16-3)14-17-13(10(2)18-14)11-6-4-5-7-12(11)15/h4-7,9,16H,8H2,1-3H3. The molecule has 18 heavy (non-hydrogen) atoms. The molecule has 0 aliphatic carbocycles. The van der Waals surface area contributed by atoms with E-state index < -0.39 is 0 Å². The number of thiazole rings is 1. The molecule has 1 aromatic heterocycles. The van der Waals surface area contributed by atoms with Crippen LogP contribution in [0.1, 0.15) is 22.7 Å². The van der Waals surface area contributed by atoms with E-state index in [0.717, 1.165) is 22.1 Å². The molecule has 1 N–H and O–H groups in total. The van der Waals surface area contributed by atoms with Gasteiger partial charge in [0.15, 0.2) is 0 Å². The highest BCUT2D eigenvalue weighted by atomic mass is 32.1. The van der Waals surface area contributed by atoms with Crippen LogP contribution in [0.4, 0.5) is 4.39 Å². The molecular formula is C14H17FN2S. The number of aryl methyl sites for hydroxylation is 1. The smallest absolute Gasteiger partial charge is 0.132 e. The van der Waals surface area contributed by atoms with Crippen molar-refractivity contribution < 1.29 is 4.39 Å². The van der Waals surface area contributed by atoms with E-state index in [2.05, 4.69) is 17.2 Å². The van der Waals surface area contributed by atoms with Gasteiger partial charge in [-0.25, -0.2) is 9.37 Å². The number of likely N-dealkylation sites (N-methyl/N-ethyl adjacent to an activating group) is 1. The van der Waals surface area contributed by atoms with Gasteiger partial charge < -0.3 is 5.32 Å². The number of hydrogen-bond donors (Lipinski definition) is 1. The van der Waals surface area contributed by atoms with E-state index in [9.17, 15) is 4.39 Å². The average molecular weight is 264 g/mol. The lowest BCUT2D eigenvalue weighted by Crippen LogP contribution is -2.14. The van der Waals surface area contributed by atoms with E-state index in [1.807, 2.05) is 20.0 Å². The molecule has 0 saturated carbocycles. The molecule has 1 atom stereocenters. The maximum Gasteiger partial charge on any atom is 0.132 e. The van der Waals surface area contributed by atoms with Crippen molar-refractivity contribution in [1.29, 1.82) is 0 Å². The lowest BCUT2D eigenvalue weighted by Gasteiger charge is -2.05. The van der Waals surface area contributed by atoms with E-state index in [-0.39, 0.29) is 5.82 Å². The Bertz CT molecular complexity index is 536. The summed E-state index contributed by atoms with van der Waals surface area (Å²) in [6.07, 6.45) is 0. The first-order valence-electron chi connectivity index (χ1n) is 6.00. The summed E-state index contributed by atoms with van der Waals surface area (Å²) in [4.78, 5) is 5.67. The van der Waals surface area contributed by atoms with Crippen LogP contribution in [-0.4, -0.2) is 18.6 Å². The molecule has 2 nitrogen and oxygen atoms in total. The third-order valence-corrected chi connectivity index (χ3v) is 4.08. The summed E-state index contributed by atoms with van der Waals surface area (Å²) >= 11 is 1.65. The summed E-state index contributed by atoms with van der Waals surface area (Å²) in [5.74, 6) is 0.137. The lowest BCUT2D eigenvalue weighted by molar-refractivity contribution is 0.630. The van der Waals surface area contributed by atoms with Crippen molar-refractivity contribution >= 4 is 11.3 Å². The SMILES string of the molecule is CNCC(C)c1nc(-c2ccccc2F)c(C)s1. The zero-order valence-electron chi connectivity index (χ0n) is 10.8. The van der Waals surface area contributed by atoms with Crippen molar-refractivity contribution in [2.45, 2.75) is 19.8 Å². The fourth-order valence-corrected chi connectivity index (χ4v) is 2.91. The first-order valence-corrected chi connectivity index (χ1v) is 6.82. The average Bonchev–Trinajstić information content (AvgIpc) is 2.72. The third-order valence-electron chi connectivity index (χ3n) is 2.87. The Balaban J connectivity index is 2.38. The highest BCUT2D eigenvalue weighted by Gasteiger charge is 2.16. The Kier molecular flexibility index (Phi) is 4.09.